The molecule has 0 aliphatic carbocycles. The molecule has 0 aromatic heterocycles. The van der Waals surface area contributed by atoms with Crippen molar-refractivity contribution in [3.05, 3.63) is 0 Å². The number of ether oxygens (including phenoxy) is 3. The van der Waals surface area contributed by atoms with Crippen molar-refractivity contribution >= 4 is 5.97 Å². The molecule has 0 bridgehead atoms. The largest absolute Gasteiger partial charge is 0.453 e. The summed E-state index contributed by atoms with van der Waals surface area (Å²) in [5.41, 5.74) is 11.3. The fraction of sp³-hybridized carbons (Fsp3) is 0.950. The van der Waals surface area contributed by atoms with E-state index in [2.05, 4.69) is 6.92 Å². The monoisotopic (exact) mass is 420 g/mol. The predicted octanol–water partition coefficient (Wildman–Crippen LogP) is 0.171. The number of rotatable bonds is 15. The molecule has 0 radical (unpaired) electrons. The van der Waals surface area contributed by atoms with Crippen molar-refractivity contribution in [1.82, 2.24) is 0 Å². The van der Waals surface area contributed by atoms with Crippen molar-refractivity contribution < 1.29 is 34.3 Å². The molecule has 6 atom stereocenters. The first-order valence-electron chi connectivity index (χ1n) is 10.9. The highest BCUT2D eigenvalue weighted by atomic mass is 16.7. The van der Waals surface area contributed by atoms with Gasteiger partial charge in [0.15, 0.2) is 12.4 Å². The highest BCUT2D eigenvalue weighted by molar-refractivity contribution is 5.75. The summed E-state index contributed by atoms with van der Waals surface area (Å²) < 4.78 is 16.6. The molecule has 1 unspecified atom stereocenters. The summed E-state index contributed by atoms with van der Waals surface area (Å²) in [6.45, 7) is 2.54. The second-order valence-corrected chi connectivity index (χ2v) is 7.64. The predicted molar refractivity (Wildman–Crippen MR) is 108 cm³/mol. The molecular formula is C20H40N2O7. The van der Waals surface area contributed by atoms with E-state index in [4.69, 9.17) is 25.7 Å². The van der Waals surface area contributed by atoms with E-state index in [0.29, 0.717) is 26.0 Å². The fourth-order valence-electron chi connectivity index (χ4n) is 3.25. The number of aliphatic hydroxyl groups is 3. The van der Waals surface area contributed by atoms with Crippen LogP contribution in [0.4, 0.5) is 0 Å². The number of hydrogen-bond donors (Lipinski definition) is 5. The van der Waals surface area contributed by atoms with Gasteiger partial charge in [0.1, 0.15) is 24.4 Å². The minimum atomic E-state index is -1.45. The Morgan fingerprint density at radius 3 is 2.41 bits per heavy atom. The molecule has 9 heteroatoms. The van der Waals surface area contributed by atoms with Gasteiger partial charge in [-0.05, 0) is 25.8 Å². The zero-order valence-electron chi connectivity index (χ0n) is 17.6. The average Bonchev–Trinajstić information content (AvgIpc) is 2.72. The van der Waals surface area contributed by atoms with Crippen LogP contribution in [-0.2, 0) is 19.0 Å². The van der Waals surface area contributed by atoms with E-state index >= 15 is 0 Å². The highest BCUT2D eigenvalue weighted by Crippen LogP contribution is 2.25. The summed E-state index contributed by atoms with van der Waals surface area (Å²) in [7, 11) is 0. The van der Waals surface area contributed by atoms with Gasteiger partial charge in [0.05, 0.1) is 6.61 Å². The Hall–Kier alpha value is -0.810. The molecule has 0 aromatic carbocycles. The maximum absolute atomic E-state index is 12.3. The lowest BCUT2D eigenvalue weighted by Crippen LogP contribution is -2.61. The summed E-state index contributed by atoms with van der Waals surface area (Å²) in [6.07, 6.45) is 2.13. The van der Waals surface area contributed by atoms with Crippen molar-refractivity contribution in [2.75, 3.05) is 19.8 Å². The fourth-order valence-corrected chi connectivity index (χ4v) is 3.25. The van der Waals surface area contributed by atoms with Gasteiger partial charge in [-0.25, -0.2) is 0 Å². The third-order valence-electron chi connectivity index (χ3n) is 5.13. The van der Waals surface area contributed by atoms with Gasteiger partial charge in [-0.2, -0.15) is 0 Å². The van der Waals surface area contributed by atoms with Crippen LogP contribution in [0.2, 0.25) is 0 Å². The first-order valence-corrected chi connectivity index (χ1v) is 10.9. The summed E-state index contributed by atoms with van der Waals surface area (Å²) in [5.74, 6) is -0.697. The van der Waals surface area contributed by atoms with Crippen LogP contribution in [0.25, 0.3) is 0 Å². The van der Waals surface area contributed by atoms with Gasteiger partial charge in [0, 0.05) is 6.61 Å². The molecule has 9 nitrogen and oxygen atoms in total. The SMILES string of the molecule is CCCCCCCCOC1O[C@H](CO)[C@@H](O)[C@H](O)[C@H]1OC(=O)[C@@H](N)CCCCN. The Bertz CT molecular complexity index is 441. The normalized spacial score (nSPS) is 28.3. The summed E-state index contributed by atoms with van der Waals surface area (Å²) in [4.78, 5) is 12.3. The Kier molecular flexibility index (Phi) is 13.6. The Labute approximate surface area is 173 Å². The van der Waals surface area contributed by atoms with Crippen LogP contribution < -0.4 is 11.5 Å². The van der Waals surface area contributed by atoms with Crippen LogP contribution in [0, 0.1) is 0 Å². The zero-order chi connectivity index (χ0) is 21.6. The molecule has 1 heterocycles. The molecule has 0 amide bonds. The Morgan fingerprint density at radius 1 is 1.07 bits per heavy atom. The van der Waals surface area contributed by atoms with Crippen LogP contribution in [0.5, 0.6) is 0 Å². The third kappa shape index (κ3) is 9.25. The van der Waals surface area contributed by atoms with E-state index < -0.39 is 49.3 Å². The number of nitrogens with two attached hydrogens (primary N) is 2. The van der Waals surface area contributed by atoms with Crippen molar-refractivity contribution in [2.24, 2.45) is 11.5 Å². The van der Waals surface area contributed by atoms with Crippen LogP contribution in [-0.4, -0.2) is 77.8 Å². The number of hydrogen-bond acceptors (Lipinski definition) is 9. The maximum Gasteiger partial charge on any atom is 0.323 e. The van der Waals surface area contributed by atoms with Gasteiger partial charge < -0.3 is 41.0 Å². The van der Waals surface area contributed by atoms with Gasteiger partial charge in [-0.3, -0.25) is 4.79 Å². The molecule has 1 saturated heterocycles. The highest BCUT2D eigenvalue weighted by Gasteiger charge is 2.47. The molecule has 1 fully saturated rings. The molecule has 172 valence electrons. The second-order valence-electron chi connectivity index (χ2n) is 7.64. The molecule has 7 N–H and O–H groups in total. The molecule has 0 aromatic rings. The average molecular weight is 421 g/mol. The van der Waals surface area contributed by atoms with E-state index in [1.807, 2.05) is 0 Å². The van der Waals surface area contributed by atoms with Crippen molar-refractivity contribution in [1.29, 1.82) is 0 Å². The lowest BCUT2D eigenvalue weighted by atomic mass is 9.99. The smallest absolute Gasteiger partial charge is 0.323 e. The standard InChI is InChI=1S/C20H40N2O7/c1-2-3-4-5-6-9-12-27-20-18(17(25)16(24)15(13-23)28-20)29-19(26)14(22)10-7-8-11-21/h14-18,20,23-25H,2-13,21-22H2,1H3/t14-,15+,16+,17-,18+,20?/m0/s1. The van der Waals surface area contributed by atoms with Crippen molar-refractivity contribution in [2.45, 2.75) is 101 Å². The van der Waals surface area contributed by atoms with E-state index in [-0.39, 0.29) is 0 Å². The minimum absolute atomic E-state index is 0.356. The molecule has 1 aliphatic heterocycles. The third-order valence-corrected chi connectivity index (χ3v) is 5.13. The molecule has 1 rings (SSSR count). The first kappa shape index (κ1) is 26.2. The van der Waals surface area contributed by atoms with Crippen LogP contribution in [0.15, 0.2) is 0 Å². The van der Waals surface area contributed by atoms with E-state index in [1.54, 1.807) is 0 Å². The number of esters is 1. The van der Waals surface area contributed by atoms with Gasteiger partial charge in [-0.15, -0.1) is 0 Å². The van der Waals surface area contributed by atoms with E-state index in [1.165, 1.54) is 19.3 Å². The lowest BCUT2D eigenvalue weighted by Gasteiger charge is -2.41. The number of carbonyl (C=O) groups excluding carboxylic acids is 1. The van der Waals surface area contributed by atoms with Crippen LogP contribution in [0.1, 0.15) is 64.7 Å². The van der Waals surface area contributed by atoms with Crippen LogP contribution in [0.3, 0.4) is 0 Å². The number of carbonyl (C=O) groups is 1. The van der Waals surface area contributed by atoms with Crippen molar-refractivity contribution in [3.63, 3.8) is 0 Å². The lowest BCUT2D eigenvalue weighted by molar-refractivity contribution is -0.304. The maximum atomic E-state index is 12.3. The molecule has 29 heavy (non-hydrogen) atoms. The van der Waals surface area contributed by atoms with Gasteiger partial charge in [0.25, 0.3) is 0 Å². The van der Waals surface area contributed by atoms with Crippen molar-refractivity contribution in [3.8, 4) is 0 Å². The van der Waals surface area contributed by atoms with Gasteiger partial charge >= 0.3 is 5.97 Å². The molecular weight excluding hydrogens is 380 g/mol. The quantitative estimate of drug-likeness (QED) is 0.184. The van der Waals surface area contributed by atoms with Gasteiger partial charge in [-0.1, -0.05) is 45.4 Å². The van der Waals surface area contributed by atoms with E-state index in [9.17, 15) is 20.1 Å². The summed E-state index contributed by atoms with van der Waals surface area (Å²) in [6, 6.07) is -0.860. The number of aliphatic hydroxyl groups excluding tert-OH is 3. The molecule has 1 aliphatic rings. The van der Waals surface area contributed by atoms with E-state index in [0.717, 1.165) is 25.7 Å². The Morgan fingerprint density at radius 2 is 1.76 bits per heavy atom. The molecule has 0 spiro atoms. The van der Waals surface area contributed by atoms with Crippen LogP contribution >= 0.6 is 0 Å². The summed E-state index contributed by atoms with van der Waals surface area (Å²) >= 11 is 0. The number of unbranched alkanes of at least 4 members (excludes halogenated alkanes) is 6. The molecule has 0 saturated carbocycles. The summed E-state index contributed by atoms with van der Waals surface area (Å²) in [5, 5.41) is 29.9. The second kappa shape index (κ2) is 15.1. The Balaban J connectivity index is 2.59. The first-order chi connectivity index (χ1) is 14.0. The topological polar surface area (TPSA) is 157 Å². The minimum Gasteiger partial charge on any atom is -0.453 e. The zero-order valence-corrected chi connectivity index (χ0v) is 17.6. The van der Waals surface area contributed by atoms with Gasteiger partial charge in [0.2, 0.25) is 0 Å².